The minimum absolute atomic E-state index is 0.0921. The molecular weight excluding hydrogens is 492 g/mol. The number of aliphatic hydroxyl groups excluding tert-OH is 1. The Bertz CT molecular complexity index is 1410. The van der Waals surface area contributed by atoms with Gasteiger partial charge in [0.15, 0.2) is 0 Å². The summed E-state index contributed by atoms with van der Waals surface area (Å²) >= 11 is 0. The van der Waals surface area contributed by atoms with Gasteiger partial charge in [0.2, 0.25) is 5.43 Å². The Morgan fingerprint density at radius 1 is 1.03 bits per heavy atom. The Labute approximate surface area is 199 Å². The summed E-state index contributed by atoms with van der Waals surface area (Å²) in [4.78, 5) is 29.8. The number of halogens is 6. The molecule has 3 atom stereocenters. The fourth-order valence-electron chi connectivity index (χ4n) is 5.26. The fraction of sp³-hybridized carbons (Fsp3) is 0.333. The molecule has 1 aromatic heterocycles. The van der Waals surface area contributed by atoms with Crippen LogP contribution in [0.2, 0.25) is 0 Å². The Kier molecular flexibility index (Phi) is 5.54. The molecule has 2 aromatic carbocycles. The number of pyridine rings is 1. The maximum absolute atomic E-state index is 13.9. The Balaban J connectivity index is 1.52. The van der Waals surface area contributed by atoms with Crippen molar-refractivity contribution in [1.29, 1.82) is 0 Å². The molecule has 5 rings (SSSR count). The molecule has 3 aromatic rings. The Hall–Kier alpha value is -3.54. The molecule has 0 spiro atoms. The van der Waals surface area contributed by atoms with E-state index in [1.54, 1.807) is 4.90 Å². The van der Waals surface area contributed by atoms with Gasteiger partial charge in [0.05, 0.1) is 34.3 Å². The number of amides is 1. The first-order valence-electron chi connectivity index (χ1n) is 11.1. The summed E-state index contributed by atoms with van der Waals surface area (Å²) in [5.74, 6) is -1.29. The van der Waals surface area contributed by atoms with E-state index in [1.807, 2.05) is 5.32 Å². The smallest absolute Gasteiger partial charge is 0.391 e. The van der Waals surface area contributed by atoms with Crippen LogP contribution >= 0.6 is 0 Å². The lowest BCUT2D eigenvalue weighted by molar-refractivity contribution is -0.137. The topological polar surface area (TPSA) is 85.4 Å². The van der Waals surface area contributed by atoms with Crippen LogP contribution < -0.4 is 15.6 Å². The van der Waals surface area contributed by atoms with Crippen LogP contribution in [0, 0.1) is 0 Å². The van der Waals surface area contributed by atoms with E-state index in [0.29, 0.717) is 18.9 Å². The monoisotopic (exact) mass is 511 g/mol. The van der Waals surface area contributed by atoms with Crippen molar-refractivity contribution in [2.45, 2.75) is 49.8 Å². The third-order valence-corrected chi connectivity index (χ3v) is 6.82. The van der Waals surface area contributed by atoms with Gasteiger partial charge in [0, 0.05) is 23.4 Å². The van der Waals surface area contributed by atoms with E-state index in [9.17, 15) is 41.0 Å². The predicted octanol–water partition coefficient (Wildman–Crippen LogP) is 4.92. The minimum Gasteiger partial charge on any atom is -0.391 e. The molecule has 0 radical (unpaired) electrons. The highest BCUT2D eigenvalue weighted by Crippen LogP contribution is 2.44. The van der Waals surface area contributed by atoms with Crippen LogP contribution in [0.1, 0.15) is 40.7 Å². The van der Waals surface area contributed by atoms with Crippen molar-refractivity contribution in [2.24, 2.45) is 0 Å². The van der Waals surface area contributed by atoms with Crippen molar-refractivity contribution >= 4 is 28.2 Å². The molecular formula is C24H19F6N3O3. The number of aromatic nitrogens is 1. The summed E-state index contributed by atoms with van der Waals surface area (Å²) in [6.45, 7) is 0. The largest absolute Gasteiger partial charge is 0.418 e. The van der Waals surface area contributed by atoms with Gasteiger partial charge in [-0.25, -0.2) is 0 Å². The lowest BCUT2D eigenvalue weighted by Gasteiger charge is -2.26. The highest BCUT2D eigenvalue weighted by Gasteiger charge is 2.46. The number of hydrogen-bond donors (Lipinski definition) is 3. The molecule has 2 fully saturated rings. The second kappa shape index (κ2) is 8.26. The lowest BCUT2D eigenvalue weighted by Crippen LogP contribution is -2.32. The standard InChI is InChI=1S/C24H19F6N3O3/c25-23(26,27)14-2-1-3-17-20(14)21(35)13(10-31-17)22(36)32-16-6-4-11(8-15(16)24(28,29)30)33-12-5-7-18(33)19(34)9-12/h1-4,6,8,10,12,18-19,34H,5,7,9H2,(H,31,35)(H,32,36)/t12?,18-,19-/m1/s1. The van der Waals surface area contributed by atoms with Gasteiger partial charge < -0.3 is 20.3 Å². The number of nitrogens with zero attached hydrogens (tertiary/aromatic N) is 1. The summed E-state index contributed by atoms with van der Waals surface area (Å²) in [5, 5.41) is 11.4. The number of alkyl halides is 6. The summed E-state index contributed by atoms with van der Waals surface area (Å²) in [7, 11) is 0. The summed E-state index contributed by atoms with van der Waals surface area (Å²) in [6, 6.07) is 5.88. The number of rotatable bonds is 3. The molecule has 12 heteroatoms. The molecule has 6 nitrogen and oxygen atoms in total. The SMILES string of the molecule is O=C(Nc1ccc(N2C3CC[C@@H]2[C@H](O)C3)cc1C(F)(F)F)c1c[nH]c2cccc(C(F)(F)F)c2c1=O. The molecule has 0 saturated carbocycles. The Morgan fingerprint density at radius 3 is 2.36 bits per heavy atom. The predicted molar refractivity (Wildman–Crippen MR) is 119 cm³/mol. The third-order valence-electron chi connectivity index (χ3n) is 6.82. The maximum atomic E-state index is 13.9. The number of H-pyrrole nitrogens is 1. The lowest BCUT2D eigenvalue weighted by atomic mass is 9.98. The summed E-state index contributed by atoms with van der Waals surface area (Å²) in [6.07, 6.45) is -7.69. The van der Waals surface area contributed by atoms with Crippen molar-refractivity contribution in [3.8, 4) is 0 Å². The number of aromatic amines is 1. The highest BCUT2D eigenvalue weighted by atomic mass is 19.4. The summed E-state index contributed by atoms with van der Waals surface area (Å²) < 4.78 is 82.0. The summed E-state index contributed by atoms with van der Waals surface area (Å²) in [5.41, 5.74) is -5.05. The molecule has 2 saturated heterocycles. The van der Waals surface area contributed by atoms with Gasteiger partial charge in [-0.3, -0.25) is 9.59 Å². The zero-order valence-corrected chi connectivity index (χ0v) is 18.4. The number of fused-ring (bicyclic) bond motifs is 3. The number of hydrogen-bond acceptors (Lipinski definition) is 4. The zero-order valence-electron chi connectivity index (χ0n) is 18.4. The van der Waals surface area contributed by atoms with Gasteiger partial charge in [-0.1, -0.05) is 6.07 Å². The van der Waals surface area contributed by atoms with E-state index in [0.717, 1.165) is 30.8 Å². The first-order valence-corrected chi connectivity index (χ1v) is 11.1. The number of anilines is 2. The normalized spacial score (nSPS) is 21.9. The van der Waals surface area contributed by atoms with Crippen LogP contribution in [0.4, 0.5) is 37.7 Å². The minimum atomic E-state index is -4.89. The number of carbonyl (C=O) groups is 1. The van der Waals surface area contributed by atoms with Crippen LogP contribution in [0.5, 0.6) is 0 Å². The number of nitrogens with one attached hydrogen (secondary N) is 2. The first kappa shape index (κ1) is 24.2. The zero-order chi connectivity index (χ0) is 26.0. The number of carbonyl (C=O) groups excluding carboxylic acids is 1. The van der Waals surface area contributed by atoms with E-state index in [4.69, 9.17) is 0 Å². The Morgan fingerprint density at radius 2 is 1.75 bits per heavy atom. The van der Waals surface area contributed by atoms with E-state index < -0.39 is 57.6 Å². The van der Waals surface area contributed by atoms with Gasteiger partial charge in [-0.2, -0.15) is 26.3 Å². The van der Waals surface area contributed by atoms with Crippen LogP contribution in [0.25, 0.3) is 10.9 Å². The molecule has 1 amide bonds. The second-order valence-corrected chi connectivity index (χ2v) is 8.95. The average molecular weight is 511 g/mol. The van der Waals surface area contributed by atoms with Crippen molar-refractivity contribution in [2.75, 3.05) is 10.2 Å². The second-order valence-electron chi connectivity index (χ2n) is 8.95. The molecule has 2 aliphatic heterocycles. The van der Waals surface area contributed by atoms with Gasteiger partial charge >= 0.3 is 12.4 Å². The third kappa shape index (κ3) is 3.98. The highest BCUT2D eigenvalue weighted by molar-refractivity contribution is 6.06. The van der Waals surface area contributed by atoms with Crippen molar-refractivity contribution in [1.82, 2.24) is 4.98 Å². The maximum Gasteiger partial charge on any atom is 0.418 e. The van der Waals surface area contributed by atoms with Gasteiger partial charge in [0.1, 0.15) is 5.56 Å². The molecule has 36 heavy (non-hydrogen) atoms. The van der Waals surface area contributed by atoms with Crippen LogP contribution in [-0.2, 0) is 12.4 Å². The van der Waals surface area contributed by atoms with Crippen molar-refractivity contribution in [3.05, 3.63) is 69.5 Å². The van der Waals surface area contributed by atoms with Crippen LogP contribution in [0.3, 0.4) is 0 Å². The molecule has 190 valence electrons. The molecule has 3 N–H and O–H groups in total. The first-order chi connectivity index (χ1) is 16.9. The molecule has 3 heterocycles. The van der Waals surface area contributed by atoms with Crippen molar-refractivity contribution < 1.29 is 36.2 Å². The quantitative estimate of drug-likeness (QED) is 0.436. The molecule has 2 bridgehead atoms. The van der Waals surface area contributed by atoms with Crippen LogP contribution in [0.15, 0.2) is 47.4 Å². The van der Waals surface area contributed by atoms with Gasteiger partial charge in [-0.05, 0) is 49.6 Å². The van der Waals surface area contributed by atoms with E-state index in [-0.39, 0.29) is 23.3 Å². The van der Waals surface area contributed by atoms with E-state index >= 15 is 0 Å². The molecule has 2 aliphatic rings. The fourth-order valence-corrected chi connectivity index (χ4v) is 5.26. The van der Waals surface area contributed by atoms with Gasteiger partial charge in [0.25, 0.3) is 5.91 Å². The number of aliphatic hydroxyl groups is 1. The van der Waals surface area contributed by atoms with Gasteiger partial charge in [-0.15, -0.1) is 0 Å². The average Bonchev–Trinajstić information content (AvgIpc) is 3.34. The van der Waals surface area contributed by atoms with E-state index in [1.165, 1.54) is 12.1 Å². The number of benzene rings is 2. The van der Waals surface area contributed by atoms with Crippen molar-refractivity contribution in [3.63, 3.8) is 0 Å². The van der Waals surface area contributed by atoms with E-state index in [2.05, 4.69) is 4.98 Å². The molecule has 1 unspecified atom stereocenters. The van der Waals surface area contributed by atoms with Crippen LogP contribution in [-0.4, -0.2) is 34.2 Å². The molecule has 0 aliphatic carbocycles.